The van der Waals surface area contributed by atoms with Gasteiger partial charge < -0.3 is 4.90 Å². The Balaban J connectivity index is 1.65. The van der Waals surface area contributed by atoms with Gasteiger partial charge in [0, 0.05) is 12.6 Å². The molecule has 138 valence electrons. The zero-order chi connectivity index (χ0) is 18.7. The molecular weight excluding hydrogens is 346 g/mol. The molecule has 3 rings (SSSR count). The lowest BCUT2D eigenvalue weighted by atomic mass is 10.0. The van der Waals surface area contributed by atoms with E-state index in [1.165, 1.54) is 24.3 Å². The van der Waals surface area contributed by atoms with E-state index in [-0.39, 0.29) is 24.2 Å². The first kappa shape index (κ1) is 18.4. The Morgan fingerprint density at radius 2 is 1.81 bits per heavy atom. The number of amides is 1. The third-order valence-corrected chi connectivity index (χ3v) is 4.69. The summed E-state index contributed by atoms with van der Waals surface area (Å²) in [5, 5.41) is 0. The molecule has 2 aromatic rings. The van der Waals surface area contributed by atoms with E-state index in [0.717, 1.165) is 30.5 Å². The highest BCUT2D eigenvalue weighted by Gasteiger charge is 2.31. The van der Waals surface area contributed by atoms with Crippen LogP contribution in [0.2, 0.25) is 0 Å². The maximum Gasteiger partial charge on any atom is 0.416 e. The summed E-state index contributed by atoms with van der Waals surface area (Å²) in [6, 6.07) is 11.0. The first-order valence-corrected chi connectivity index (χ1v) is 8.53. The van der Waals surface area contributed by atoms with Gasteiger partial charge in [-0.1, -0.05) is 24.3 Å². The van der Waals surface area contributed by atoms with Crippen LogP contribution in [-0.2, 0) is 23.8 Å². The van der Waals surface area contributed by atoms with Crippen molar-refractivity contribution in [1.29, 1.82) is 0 Å². The van der Waals surface area contributed by atoms with Gasteiger partial charge in [0.1, 0.15) is 5.82 Å². The predicted octanol–water partition coefficient (Wildman–Crippen LogP) is 4.62. The SMILES string of the molecule is O=C(Cc1ccc(C(F)(F)F)cc1)N1CCCC1Cc1cccc(F)c1. The minimum absolute atomic E-state index is 0.00116. The number of alkyl halides is 3. The zero-order valence-electron chi connectivity index (χ0n) is 14.1. The Morgan fingerprint density at radius 3 is 2.46 bits per heavy atom. The number of likely N-dealkylation sites (tertiary alicyclic amines) is 1. The van der Waals surface area contributed by atoms with Crippen molar-refractivity contribution in [3.05, 3.63) is 71.0 Å². The van der Waals surface area contributed by atoms with Gasteiger partial charge in [-0.25, -0.2) is 4.39 Å². The molecule has 1 amide bonds. The van der Waals surface area contributed by atoms with Crippen LogP contribution < -0.4 is 0 Å². The van der Waals surface area contributed by atoms with Crippen molar-refractivity contribution in [1.82, 2.24) is 4.90 Å². The maximum absolute atomic E-state index is 13.3. The molecule has 0 saturated carbocycles. The largest absolute Gasteiger partial charge is 0.416 e. The van der Waals surface area contributed by atoms with Crippen molar-refractivity contribution in [3.63, 3.8) is 0 Å². The molecule has 6 heteroatoms. The van der Waals surface area contributed by atoms with E-state index < -0.39 is 11.7 Å². The molecule has 1 unspecified atom stereocenters. The molecular formula is C20H19F4NO. The van der Waals surface area contributed by atoms with Crippen LogP contribution in [0.3, 0.4) is 0 Å². The summed E-state index contributed by atoms with van der Waals surface area (Å²) < 4.78 is 51.2. The third-order valence-electron chi connectivity index (χ3n) is 4.69. The number of nitrogens with zero attached hydrogens (tertiary/aromatic N) is 1. The van der Waals surface area contributed by atoms with Crippen LogP contribution in [0.5, 0.6) is 0 Å². The van der Waals surface area contributed by atoms with E-state index in [4.69, 9.17) is 0 Å². The minimum atomic E-state index is -4.38. The second-order valence-electron chi connectivity index (χ2n) is 6.59. The molecule has 0 aromatic heterocycles. The van der Waals surface area contributed by atoms with Gasteiger partial charge in [0.2, 0.25) is 5.91 Å². The Labute approximate surface area is 149 Å². The van der Waals surface area contributed by atoms with Crippen molar-refractivity contribution in [2.24, 2.45) is 0 Å². The first-order chi connectivity index (χ1) is 12.3. The van der Waals surface area contributed by atoms with Crippen molar-refractivity contribution in [2.45, 2.75) is 37.9 Å². The van der Waals surface area contributed by atoms with E-state index >= 15 is 0 Å². The molecule has 1 aliphatic rings. The zero-order valence-corrected chi connectivity index (χ0v) is 14.1. The molecule has 0 spiro atoms. The van der Waals surface area contributed by atoms with Crippen LogP contribution in [0, 0.1) is 5.82 Å². The Bertz CT molecular complexity index is 770. The number of halogens is 4. The third kappa shape index (κ3) is 4.42. The van der Waals surface area contributed by atoms with Crippen LogP contribution in [0.25, 0.3) is 0 Å². The van der Waals surface area contributed by atoms with Gasteiger partial charge in [0.25, 0.3) is 0 Å². The fourth-order valence-electron chi connectivity index (χ4n) is 3.40. The molecule has 0 radical (unpaired) electrons. The molecule has 0 bridgehead atoms. The molecule has 0 N–H and O–H groups in total. The minimum Gasteiger partial charge on any atom is -0.339 e. The summed E-state index contributed by atoms with van der Waals surface area (Å²) in [4.78, 5) is 14.4. The average molecular weight is 365 g/mol. The fraction of sp³-hybridized carbons (Fsp3) is 0.350. The van der Waals surface area contributed by atoms with E-state index in [9.17, 15) is 22.4 Å². The molecule has 1 aliphatic heterocycles. The number of hydrogen-bond acceptors (Lipinski definition) is 1. The van der Waals surface area contributed by atoms with E-state index in [1.54, 1.807) is 11.0 Å². The second kappa shape index (κ2) is 7.48. The Hall–Kier alpha value is -2.37. The lowest BCUT2D eigenvalue weighted by molar-refractivity contribution is -0.137. The van der Waals surface area contributed by atoms with Gasteiger partial charge in [0.05, 0.1) is 12.0 Å². The summed E-state index contributed by atoms with van der Waals surface area (Å²) in [7, 11) is 0. The van der Waals surface area contributed by atoms with E-state index in [0.29, 0.717) is 18.5 Å². The fourth-order valence-corrected chi connectivity index (χ4v) is 3.40. The Kier molecular flexibility index (Phi) is 5.30. The number of hydrogen-bond donors (Lipinski definition) is 0. The second-order valence-corrected chi connectivity index (χ2v) is 6.59. The van der Waals surface area contributed by atoms with Gasteiger partial charge in [0.15, 0.2) is 0 Å². The Morgan fingerprint density at radius 1 is 1.08 bits per heavy atom. The number of carbonyl (C=O) groups excluding carboxylic acids is 1. The monoisotopic (exact) mass is 365 g/mol. The quantitative estimate of drug-likeness (QED) is 0.724. The van der Waals surface area contributed by atoms with Gasteiger partial charge in [-0.3, -0.25) is 4.79 Å². The molecule has 0 aliphatic carbocycles. The molecule has 1 heterocycles. The summed E-state index contributed by atoms with van der Waals surface area (Å²) in [5.74, 6) is -0.410. The molecule has 1 atom stereocenters. The van der Waals surface area contributed by atoms with Crippen LogP contribution in [0.15, 0.2) is 48.5 Å². The van der Waals surface area contributed by atoms with Crippen LogP contribution >= 0.6 is 0 Å². The highest BCUT2D eigenvalue weighted by molar-refractivity contribution is 5.79. The lowest BCUT2D eigenvalue weighted by Crippen LogP contribution is -2.37. The van der Waals surface area contributed by atoms with Crippen molar-refractivity contribution < 1.29 is 22.4 Å². The average Bonchev–Trinajstić information content (AvgIpc) is 3.03. The maximum atomic E-state index is 13.3. The van der Waals surface area contributed by atoms with Gasteiger partial charge in [-0.05, 0) is 54.7 Å². The van der Waals surface area contributed by atoms with Crippen molar-refractivity contribution in [3.8, 4) is 0 Å². The highest BCUT2D eigenvalue weighted by atomic mass is 19.4. The van der Waals surface area contributed by atoms with Crippen molar-refractivity contribution in [2.75, 3.05) is 6.54 Å². The molecule has 1 fully saturated rings. The van der Waals surface area contributed by atoms with E-state index in [1.807, 2.05) is 6.07 Å². The summed E-state index contributed by atoms with van der Waals surface area (Å²) >= 11 is 0. The summed E-state index contributed by atoms with van der Waals surface area (Å²) in [6.07, 6.45) is -2.02. The van der Waals surface area contributed by atoms with Crippen LogP contribution in [-0.4, -0.2) is 23.4 Å². The predicted molar refractivity (Wildman–Crippen MR) is 90.0 cm³/mol. The summed E-state index contributed by atoms with van der Waals surface area (Å²) in [5.41, 5.74) is 0.669. The smallest absolute Gasteiger partial charge is 0.339 e. The molecule has 26 heavy (non-hydrogen) atoms. The number of benzene rings is 2. The number of rotatable bonds is 4. The van der Waals surface area contributed by atoms with Gasteiger partial charge in [-0.2, -0.15) is 13.2 Å². The summed E-state index contributed by atoms with van der Waals surface area (Å²) in [6.45, 7) is 0.624. The molecule has 2 aromatic carbocycles. The van der Waals surface area contributed by atoms with Crippen LogP contribution in [0.1, 0.15) is 29.5 Å². The van der Waals surface area contributed by atoms with Gasteiger partial charge >= 0.3 is 6.18 Å². The van der Waals surface area contributed by atoms with Crippen molar-refractivity contribution >= 4 is 5.91 Å². The van der Waals surface area contributed by atoms with E-state index in [2.05, 4.69) is 0 Å². The topological polar surface area (TPSA) is 20.3 Å². The normalized spacial score (nSPS) is 17.5. The molecule has 2 nitrogen and oxygen atoms in total. The highest BCUT2D eigenvalue weighted by Crippen LogP contribution is 2.29. The standard InChI is InChI=1S/C20H19F4NO/c21-17-4-1-3-15(11-17)12-18-5-2-10-25(18)19(26)13-14-6-8-16(9-7-14)20(22,23)24/h1,3-4,6-9,11,18H,2,5,10,12-13H2. The van der Waals surface area contributed by atoms with Gasteiger partial charge in [-0.15, -0.1) is 0 Å². The first-order valence-electron chi connectivity index (χ1n) is 8.53. The number of carbonyl (C=O) groups is 1. The van der Waals surface area contributed by atoms with Crippen LogP contribution in [0.4, 0.5) is 17.6 Å². The molecule has 1 saturated heterocycles. The lowest BCUT2D eigenvalue weighted by Gasteiger charge is -2.25.